The van der Waals surface area contributed by atoms with Crippen molar-refractivity contribution in [2.24, 2.45) is 4.99 Å². The maximum Gasteiger partial charge on any atom is 0.326 e. The van der Waals surface area contributed by atoms with E-state index in [-0.39, 0.29) is 18.1 Å². The van der Waals surface area contributed by atoms with Crippen molar-refractivity contribution in [1.82, 2.24) is 15.1 Å². The summed E-state index contributed by atoms with van der Waals surface area (Å²) >= 11 is 0. The molecule has 1 fully saturated rings. The number of hydrogen-bond donors (Lipinski definition) is 1. The summed E-state index contributed by atoms with van der Waals surface area (Å²) in [6.07, 6.45) is 0. The zero-order valence-corrected chi connectivity index (χ0v) is 17.4. The van der Waals surface area contributed by atoms with Crippen LogP contribution in [0.4, 0.5) is 4.79 Å². The Morgan fingerprint density at radius 3 is 1.94 bits per heavy atom. The van der Waals surface area contributed by atoms with Crippen LogP contribution in [0.25, 0.3) is 0 Å². The van der Waals surface area contributed by atoms with E-state index in [1.165, 1.54) is 0 Å². The Labute approximate surface area is 183 Å². The largest absolute Gasteiger partial charge is 0.326 e. The van der Waals surface area contributed by atoms with Crippen molar-refractivity contribution in [3.63, 3.8) is 0 Å². The van der Waals surface area contributed by atoms with Crippen molar-refractivity contribution in [2.45, 2.75) is 12.1 Å². The molecule has 3 aromatic rings. The van der Waals surface area contributed by atoms with Gasteiger partial charge in [0.1, 0.15) is 11.9 Å². The molecule has 5 heteroatoms. The highest BCUT2D eigenvalue weighted by molar-refractivity contribution is 6.09. The molecule has 2 amide bonds. The van der Waals surface area contributed by atoms with Crippen LogP contribution in [0.1, 0.15) is 28.8 Å². The van der Waals surface area contributed by atoms with Crippen LogP contribution in [-0.2, 0) is 0 Å². The molecule has 5 rings (SSSR count). The smallest absolute Gasteiger partial charge is 0.322 e. The van der Waals surface area contributed by atoms with Crippen LogP contribution in [0.15, 0.2) is 96.0 Å². The molecule has 1 N–H and O–H groups in total. The minimum absolute atomic E-state index is 0.0244. The van der Waals surface area contributed by atoms with Crippen molar-refractivity contribution in [3.8, 4) is 0 Å². The summed E-state index contributed by atoms with van der Waals surface area (Å²) in [5.74, 6) is 0.742. The van der Waals surface area contributed by atoms with Crippen LogP contribution >= 0.6 is 0 Å². The Hall–Kier alpha value is -3.44. The number of piperazine rings is 1. The Morgan fingerprint density at radius 2 is 1.32 bits per heavy atom. The van der Waals surface area contributed by atoms with Gasteiger partial charge in [-0.1, -0.05) is 91.0 Å². The van der Waals surface area contributed by atoms with E-state index in [4.69, 9.17) is 4.99 Å². The molecule has 31 heavy (non-hydrogen) atoms. The molecular formula is C26H26N4O. The summed E-state index contributed by atoms with van der Waals surface area (Å²) in [6, 6.07) is 30.3. The monoisotopic (exact) mass is 410 g/mol. The van der Waals surface area contributed by atoms with E-state index in [9.17, 15) is 4.79 Å². The fourth-order valence-electron chi connectivity index (χ4n) is 4.45. The predicted octanol–water partition coefficient (Wildman–Crippen LogP) is 4.26. The van der Waals surface area contributed by atoms with Gasteiger partial charge in [0.05, 0.1) is 6.04 Å². The number of aliphatic imine (C=N–C) groups is 1. The number of carbonyl (C=O) groups is 1. The van der Waals surface area contributed by atoms with Gasteiger partial charge in [-0.3, -0.25) is 9.89 Å². The van der Waals surface area contributed by atoms with Crippen molar-refractivity contribution in [1.29, 1.82) is 0 Å². The number of amidine groups is 1. The number of carbonyl (C=O) groups excluding carboxylic acids is 1. The van der Waals surface area contributed by atoms with Crippen LogP contribution in [0, 0.1) is 0 Å². The summed E-state index contributed by atoms with van der Waals surface area (Å²) in [6.45, 7) is 3.04. The second-order valence-electron chi connectivity index (χ2n) is 7.92. The van der Waals surface area contributed by atoms with E-state index < -0.39 is 0 Å². The first-order valence-electron chi connectivity index (χ1n) is 10.8. The lowest BCUT2D eigenvalue weighted by atomic mass is 9.94. The third-order valence-electron chi connectivity index (χ3n) is 5.97. The summed E-state index contributed by atoms with van der Waals surface area (Å²) < 4.78 is 0. The molecule has 2 aliphatic heterocycles. The number of hydrogen-bond acceptors (Lipinski definition) is 3. The second kappa shape index (κ2) is 8.74. The quantitative estimate of drug-likeness (QED) is 0.702. The minimum Gasteiger partial charge on any atom is -0.322 e. The maximum absolute atomic E-state index is 13.9. The lowest BCUT2D eigenvalue weighted by Crippen LogP contribution is -2.53. The minimum atomic E-state index is -0.193. The molecule has 0 spiro atoms. The molecule has 2 aliphatic rings. The average Bonchev–Trinajstić information content (AvgIpc) is 3.26. The Kier molecular flexibility index (Phi) is 5.50. The summed E-state index contributed by atoms with van der Waals surface area (Å²) in [5, 5.41) is 3.34. The topological polar surface area (TPSA) is 47.9 Å². The molecule has 0 saturated carbocycles. The zero-order valence-electron chi connectivity index (χ0n) is 17.4. The van der Waals surface area contributed by atoms with Gasteiger partial charge in [0.2, 0.25) is 0 Å². The normalized spacial score (nSPS) is 21.1. The summed E-state index contributed by atoms with van der Waals surface area (Å²) in [7, 11) is 0. The van der Waals surface area contributed by atoms with Crippen LogP contribution in [0.5, 0.6) is 0 Å². The van der Waals surface area contributed by atoms with E-state index in [1.807, 2.05) is 76.5 Å². The molecule has 2 unspecified atom stereocenters. The zero-order chi connectivity index (χ0) is 21.0. The van der Waals surface area contributed by atoms with Crippen molar-refractivity contribution < 1.29 is 4.79 Å². The van der Waals surface area contributed by atoms with Crippen LogP contribution < -0.4 is 5.32 Å². The number of benzene rings is 3. The highest BCUT2D eigenvalue weighted by atomic mass is 16.2. The molecular weight excluding hydrogens is 384 g/mol. The summed E-state index contributed by atoms with van der Waals surface area (Å²) in [4.78, 5) is 22.9. The molecule has 1 saturated heterocycles. The maximum atomic E-state index is 13.9. The van der Waals surface area contributed by atoms with E-state index in [0.717, 1.165) is 35.6 Å². The van der Waals surface area contributed by atoms with Crippen LogP contribution in [0.2, 0.25) is 0 Å². The van der Waals surface area contributed by atoms with E-state index in [1.54, 1.807) is 0 Å². The van der Waals surface area contributed by atoms with E-state index in [2.05, 4.69) is 29.6 Å². The molecule has 5 nitrogen and oxygen atoms in total. The van der Waals surface area contributed by atoms with Gasteiger partial charge in [0, 0.05) is 31.7 Å². The van der Waals surface area contributed by atoms with Crippen LogP contribution in [-0.4, -0.2) is 47.8 Å². The van der Waals surface area contributed by atoms with Gasteiger partial charge < -0.3 is 10.2 Å². The van der Waals surface area contributed by atoms with Gasteiger partial charge in [0.15, 0.2) is 0 Å². The fourth-order valence-corrected chi connectivity index (χ4v) is 4.45. The lowest BCUT2D eigenvalue weighted by molar-refractivity contribution is 0.157. The Morgan fingerprint density at radius 1 is 0.774 bits per heavy atom. The second-order valence-corrected chi connectivity index (χ2v) is 7.92. The molecule has 2 atom stereocenters. The lowest BCUT2D eigenvalue weighted by Gasteiger charge is -2.36. The standard InChI is InChI=1S/C26H26N4O/c31-26(29-18-16-27-17-19-29)30-24(21-12-6-2-7-13-21)23(20-10-4-1-5-11-20)28-25(30)22-14-8-3-9-15-22/h1-15,23-24,27H,16-19H2. The Balaban J connectivity index is 1.64. The van der Waals surface area contributed by atoms with Crippen molar-refractivity contribution in [3.05, 3.63) is 108 Å². The van der Waals surface area contributed by atoms with Gasteiger partial charge in [-0.2, -0.15) is 0 Å². The van der Waals surface area contributed by atoms with Crippen molar-refractivity contribution >= 4 is 11.9 Å². The average molecular weight is 411 g/mol. The summed E-state index contributed by atoms with van der Waals surface area (Å²) in [5.41, 5.74) is 3.17. The molecule has 0 aliphatic carbocycles. The first-order chi connectivity index (χ1) is 15.3. The first kappa shape index (κ1) is 19.5. The first-order valence-corrected chi connectivity index (χ1v) is 10.8. The molecule has 3 aromatic carbocycles. The predicted molar refractivity (Wildman–Crippen MR) is 123 cm³/mol. The molecule has 0 radical (unpaired) electrons. The molecule has 0 bridgehead atoms. The highest BCUT2D eigenvalue weighted by Crippen LogP contribution is 2.43. The van der Waals surface area contributed by atoms with E-state index >= 15 is 0 Å². The van der Waals surface area contributed by atoms with Gasteiger partial charge in [0.25, 0.3) is 0 Å². The molecule has 0 aromatic heterocycles. The number of nitrogens with one attached hydrogen (secondary N) is 1. The fraction of sp³-hybridized carbons (Fsp3) is 0.231. The van der Waals surface area contributed by atoms with E-state index in [0.29, 0.717) is 13.1 Å². The highest BCUT2D eigenvalue weighted by Gasteiger charge is 2.43. The van der Waals surface area contributed by atoms with Gasteiger partial charge >= 0.3 is 6.03 Å². The number of rotatable bonds is 3. The number of urea groups is 1. The van der Waals surface area contributed by atoms with Gasteiger partial charge in [-0.05, 0) is 11.1 Å². The third kappa shape index (κ3) is 3.84. The molecule has 2 heterocycles. The van der Waals surface area contributed by atoms with Gasteiger partial charge in [-0.25, -0.2) is 4.79 Å². The number of amides is 2. The SMILES string of the molecule is O=C(N1CCNCC1)N1C(c2ccccc2)=NC(c2ccccc2)C1c1ccccc1. The molecule has 156 valence electrons. The third-order valence-corrected chi connectivity index (χ3v) is 5.97. The Bertz CT molecular complexity index is 1050. The van der Waals surface area contributed by atoms with Crippen LogP contribution in [0.3, 0.4) is 0 Å². The van der Waals surface area contributed by atoms with Gasteiger partial charge in [-0.15, -0.1) is 0 Å². The number of nitrogens with zero attached hydrogens (tertiary/aromatic N) is 3. The van der Waals surface area contributed by atoms with Crippen molar-refractivity contribution in [2.75, 3.05) is 26.2 Å².